The molecule has 0 heterocycles. The second kappa shape index (κ2) is 9.62. The summed E-state index contributed by atoms with van der Waals surface area (Å²) in [5.41, 5.74) is 0.603. The van der Waals surface area contributed by atoms with Crippen LogP contribution in [0, 0.1) is 11.7 Å². The Hall–Kier alpha value is -2.25. The van der Waals surface area contributed by atoms with Gasteiger partial charge in [0, 0.05) is 13.1 Å². The summed E-state index contributed by atoms with van der Waals surface area (Å²) in [5, 5.41) is 2.76. The molecule has 2 aromatic rings. The van der Waals surface area contributed by atoms with Gasteiger partial charge in [-0.05, 0) is 42.2 Å². The second-order valence-corrected chi connectivity index (χ2v) is 8.68. The smallest absolute Gasteiger partial charge is 0.243 e. The van der Waals surface area contributed by atoms with Gasteiger partial charge in [0.2, 0.25) is 15.9 Å². The molecule has 0 saturated carbocycles. The molecule has 27 heavy (non-hydrogen) atoms. The fourth-order valence-corrected chi connectivity index (χ4v) is 3.88. The molecule has 146 valence electrons. The normalized spacial score (nSPS) is 11.7. The van der Waals surface area contributed by atoms with E-state index in [1.165, 1.54) is 36.4 Å². The number of nitrogens with zero attached hydrogens (tertiary/aromatic N) is 1. The number of benzene rings is 2. The van der Waals surface area contributed by atoms with Crippen LogP contribution in [0.1, 0.15) is 25.8 Å². The maximum atomic E-state index is 13.1. The molecule has 0 atom stereocenters. The van der Waals surface area contributed by atoms with E-state index in [0.717, 1.165) is 10.7 Å². The number of carbonyl (C=O) groups excluding carboxylic acids is 1. The molecule has 2 rings (SSSR count). The lowest BCUT2D eigenvalue weighted by molar-refractivity contribution is -0.121. The summed E-state index contributed by atoms with van der Waals surface area (Å²) in [6.45, 7) is 4.27. The van der Waals surface area contributed by atoms with E-state index < -0.39 is 15.8 Å². The molecule has 0 aliphatic rings. The SMILES string of the molecule is CC(C)CCNC(=O)CN(Cc1ccc(F)cc1)S(=O)(=O)c1ccccc1. The van der Waals surface area contributed by atoms with Crippen molar-refractivity contribution in [1.29, 1.82) is 0 Å². The Labute approximate surface area is 160 Å². The first-order valence-corrected chi connectivity index (χ1v) is 10.3. The molecule has 0 unspecified atom stereocenters. The van der Waals surface area contributed by atoms with Gasteiger partial charge in [0.05, 0.1) is 11.4 Å². The van der Waals surface area contributed by atoms with Crippen LogP contribution in [0.5, 0.6) is 0 Å². The van der Waals surface area contributed by atoms with Crippen molar-refractivity contribution in [2.75, 3.05) is 13.1 Å². The molecule has 0 aromatic heterocycles. The monoisotopic (exact) mass is 392 g/mol. The van der Waals surface area contributed by atoms with Gasteiger partial charge in [0.15, 0.2) is 0 Å². The minimum absolute atomic E-state index is 0.0187. The van der Waals surface area contributed by atoms with Crippen LogP contribution in [-0.2, 0) is 21.4 Å². The predicted octanol–water partition coefficient (Wildman–Crippen LogP) is 3.18. The van der Waals surface area contributed by atoms with Crippen molar-refractivity contribution >= 4 is 15.9 Å². The fraction of sp³-hybridized carbons (Fsp3) is 0.350. The van der Waals surface area contributed by atoms with Crippen molar-refractivity contribution in [2.24, 2.45) is 5.92 Å². The van der Waals surface area contributed by atoms with Crippen molar-refractivity contribution in [3.63, 3.8) is 0 Å². The highest BCUT2D eigenvalue weighted by atomic mass is 32.2. The molecule has 0 aliphatic heterocycles. The Bertz CT molecular complexity index is 837. The third-order valence-corrected chi connectivity index (χ3v) is 5.82. The summed E-state index contributed by atoms with van der Waals surface area (Å²) in [4.78, 5) is 12.4. The van der Waals surface area contributed by atoms with Gasteiger partial charge in [-0.3, -0.25) is 4.79 Å². The molecule has 1 amide bonds. The Morgan fingerprint density at radius 2 is 1.70 bits per heavy atom. The lowest BCUT2D eigenvalue weighted by Gasteiger charge is -2.22. The largest absolute Gasteiger partial charge is 0.355 e. The maximum absolute atomic E-state index is 13.1. The Morgan fingerprint density at radius 1 is 1.07 bits per heavy atom. The molecule has 0 fully saturated rings. The second-order valence-electron chi connectivity index (χ2n) is 6.75. The van der Waals surface area contributed by atoms with E-state index in [9.17, 15) is 17.6 Å². The average molecular weight is 392 g/mol. The standard InChI is InChI=1S/C20H25FN2O3S/c1-16(2)12-13-22-20(24)15-23(14-17-8-10-18(21)11-9-17)27(25,26)19-6-4-3-5-7-19/h3-11,16H,12-15H2,1-2H3,(H,22,24). The number of rotatable bonds is 9. The molecule has 0 saturated heterocycles. The van der Waals surface area contributed by atoms with Gasteiger partial charge in [-0.2, -0.15) is 4.31 Å². The van der Waals surface area contributed by atoms with Gasteiger partial charge >= 0.3 is 0 Å². The molecule has 0 radical (unpaired) electrons. The van der Waals surface area contributed by atoms with Crippen LogP contribution < -0.4 is 5.32 Å². The van der Waals surface area contributed by atoms with Crippen LogP contribution in [-0.4, -0.2) is 31.7 Å². The van der Waals surface area contributed by atoms with Crippen LogP contribution in [0.15, 0.2) is 59.5 Å². The van der Waals surface area contributed by atoms with E-state index in [-0.39, 0.29) is 23.9 Å². The number of amides is 1. The van der Waals surface area contributed by atoms with Crippen LogP contribution in [0.3, 0.4) is 0 Å². The van der Waals surface area contributed by atoms with Gasteiger partial charge in [0.1, 0.15) is 5.82 Å². The molecule has 0 bridgehead atoms. The lowest BCUT2D eigenvalue weighted by Crippen LogP contribution is -2.40. The zero-order chi connectivity index (χ0) is 19.9. The first kappa shape index (κ1) is 21.1. The van der Waals surface area contributed by atoms with Crippen LogP contribution >= 0.6 is 0 Å². The fourth-order valence-electron chi connectivity index (χ4n) is 2.48. The Morgan fingerprint density at radius 3 is 2.30 bits per heavy atom. The summed E-state index contributed by atoms with van der Waals surface area (Å²) >= 11 is 0. The first-order chi connectivity index (χ1) is 12.8. The molecule has 0 aliphatic carbocycles. The van der Waals surface area contributed by atoms with Gasteiger partial charge in [-0.15, -0.1) is 0 Å². The van der Waals surface area contributed by atoms with Crippen LogP contribution in [0.2, 0.25) is 0 Å². The number of hydrogen-bond acceptors (Lipinski definition) is 3. The molecule has 1 N–H and O–H groups in total. The average Bonchev–Trinajstić information content (AvgIpc) is 2.63. The van der Waals surface area contributed by atoms with Crippen molar-refractivity contribution in [2.45, 2.75) is 31.7 Å². The third-order valence-electron chi connectivity index (χ3n) is 4.02. The van der Waals surface area contributed by atoms with Gasteiger partial charge in [0.25, 0.3) is 0 Å². The van der Waals surface area contributed by atoms with Crippen molar-refractivity contribution in [1.82, 2.24) is 9.62 Å². The lowest BCUT2D eigenvalue weighted by atomic mass is 10.1. The minimum atomic E-state index is -3.87. The predicted molar refractivity (Wildman–Crippen MR) is 103 cm³/mol. The molecular weight excluding hydrogens is 367 g/mol. The highest BCUT2D eigenvalue weighted by Crippen LogP contribution is 2.18. The van der Waals surface area contributed by atoms with E-state index in [4.69, 9.17) is 0 Å². The number of sulfonamides is 1. The number of halogens is 1. The minimum Gasteiger partial charge on any atom is -0.355 e. The van der Waals surface area contributed by atoms with E-state index in [1.807, 2.05) is 13.8 Å². The van der Waals surface area contributed by atoms with Crippen LogP contribution in [0.4, 0.5) is 4.39 Å². The van der Waals surface area contributed by atoms with Crippen molar-refractivity contribution in [3.8, 4) is 0 Å². The van der Waals surface area contributed by atoms with Crippen LogP contribution in [0.25, 0.3) is 0 Å². The van der Waals surface area contributed by atoms with E-state index in [1.54, 1.807) is 18.2 Å². The number of carbonyl (C=O) groups is 1. The molecule has 7 heteroatoms. The molecular formula is C20H25FN2O3S. The quantitative estimate of drug-likeness (QED) is 0.713. The molecule has 0 spiro atoms. The Kier molecular flexibility index (Phi) is 7.50. The highest BCUT2D eigenvalue weighted by Gasteiger charge is 2.26. The van der Waals surface area contributed by atoms with Gasteiger partial charge in [-0.1, -0.05) is 44.2 Å². The summed E-state index contributed by atoms with van der Waals surface area (Å²) in [6.07, 6.45) is 0.815. The first-order valence-electron chi connectivity index (χ1n) is 8.85. The van der Waals surface area contributed by atoms with Crippen molar-refractivity contribution in [3.05, 3.63) is 66.0 Å². The topological polar surface area (TPSA) is 66.5 Å². The maximum Gasteiger partial charge on any atom is 0.243 e. The summed E-state index contributed by atoms with van der Waals surface area (Å²) in [7, 11) is -3.87. The third kappa shape index (κ3) is 6.45. The van der Waals surface area contributed by atoms with E-state index in [0.29, 0.717) is 18.0 Å². The summed E-state index contributed by atoms with van der Waals surface area (Å²) in [6, 6.07) is 13.5. The highest BCUT2D eigenvalue weighted by molar-refractivity contribution is 7.89. The zero-order valence-electron chi connectivity index (χ0n) is 15.6. The number of nitrogens with one attached hydrogen (secondary N) is 1. The molecule has 5 nitrogen and oxygen atoms in total. The van der Waals surface area contributed by atoms with E-state index >= 15 is 0 Å². The van der Waals surface area contributed by atoms with Gasteiger partial charge in [-0.25, -0.2) is 12.8 Å². The van der Waals surface area contributed by atoms with E-state index in [2.05, 4.69) is 5.32 Å². The van der Waals surface area contributed by atoms with Gasteiger partial charge < -0.3 is 5.32 Å². The Balaban J connectivity index is 2.20. The van der Waals surface area contributed by atoms with Crippen molar-refractivity contribution < 1.29 is 17.6 Å². The number of hydrogen-bond donors (Lipinski definition) is 1. The summed E-state index contributed by atoms with van der Waals surface area (Å²) in [5.74, 6) is -0.325. The summed E-state index contributed by atoms with van der Waals surface area (Å²) < 4.78 is 40.2. The molecule has 2 aromatic carbocycles. The zero-order valence-corrected chi connectivity index (χ0v) is 16.4.